The number of benzene rings is 3. The second-order valence-corrected chi connectivity index (χ2v) is 13.7. The van der Waals surface area contributed by atoms with Crippen LogP contribution < -0.4 is 10.6 Å². The van der Waals surface area contributed by atoms with Crippen LogP contribution in [0, 0.1) is 8.99 Å². The lowest BCUT2D eigenvalue weighted by molar-refractivity contribution is -0.117. The number of nitrogens with one attached hydrogen (secondary N) is 2. The molecule has 0 saturated carbocycles. The maximum Gasteiger partial charge on any atom is 0.266 e. The molecule has 3 aromatic carbocycles. The first-order valence-corrected chi connectivity index (χ1v) is 15.6. The van der Waals surface area contributed by atoms with Gasteiger partial charge in [0.05, 0.1) is 22.4 Å². The van der Waals surface area contributed by atoms with E-state index in [1.165, 1.54) is 0 Å². The van der Waals surface area contributed by atoms with E-state index in [2.05, 4.69) is 66.1 Å². The monoisotopic (exact) mass is 694 g/mol. The molecule has 0 radical (unpaired) electrons. The van der Waals surface area contributed by atoms with Gasteiger partial charge in [-0.25, -0.2) is 0 Å². The quantitative estimate of drug-likeness (QED) is 0.164. The van der Waals surface area contributed by atoms with Crippen molar-refractivity contribution in [2.75, 3.05) is 17.6 Å². The van der Waals surface area contributed by atoms with E-state index in [9.17, 15) is 18.0 Å². The van der Waals surface area contributed by atoms with Gasteiger partial charge in [0.25, 0.3) is 16.0 Å². The molecule has 3 N–H and O–H groups in total. The Bertz CT molecular complexity index is 1480. The first kappa shape index (κ1) is 31.8. The third-order valence-electron chi connectivity index (χ3n) is 5.92. The summed E-state index contributed by atoms with van der Waals surface area (Å²) < 4.78 is 31.5. The van der Waals surface area contributed by atoms with Crippen molar-refractivity contribution < 1.29 is 22.6 Å². The molecule has 3 rings (SSSR count). The van der Waals surface area contributed by atoms with Crippen molar-refractivity contribution in [1.82, 2.24) is 5.32 Å². The summed E-state index contributed by atoms with van der Waals surface area (Å²) in [6.45, 7) is 6.18. The van der Waals surface area contributed by atoms with Crippen LogP contribution in [-0.4, -0.2) is 37.1 Å². The number of allylic oxidation sites excluding steroid dienone is 1. The minimum absolute atomic E-state index is 0.0491. The Morgan fingerprint density at radius 1 is 1.02 bits per heavy atom. The topological polar surface area (TPSA) is 113 Å². The van der Waals surface area contributed by atoms with Crippen LogP contribution in [0.3, 0.4) is 0 Å². The minimum Gasteiger partial charge on any atom is -0.351 e. The van der Waals surface area contributed by atoms with Crippen molar-refractivity contribution in [3.05, 3.63) is 104 Å². The Morgan fingerprint density at radius 2 is 1.68 bits per heavy atom. The molecule has 0 heterocycles. The van der Waals surface area contributed by atoms with Gasteiger partial charge in [-0.1, -0.05) is 80.9 Å². The molecule has 0 saturated heterocycles. The van der Waals surface area contributed by atoms with E-state index in [1.807, 2.05) is 30.3 Å². The molecule has 0 bridgehead atoms. The standard InChI is InChI=1S/C30H32ClIN2O5S/c1-30(2,3)15-14-20-4-8-22(9-5-20)25(29(36)34-27-13-12-24(32)19-26(27)31)18-21-6-10-23(11-7-21)28(35)33-16-17-40(37,38)39/h4-15,19,25H,16-18H2,1-3H3,(H,33,35)(H,34,36)(H,37,38,39). The van der Waals surface area contributed by atoms with Crippen molar-refractivity contribution in [1.29, 1.82) is 0 Å². The highest BCUT2D eigenvalue weighted by Gasteiger charge is 2.23. The van der Waals surface area contributed by atoms with Gasteiger partial charge in [-0.2, -0.15) is 8.42 Å². The number of hydrogen-bond acceptors (Lipinski definition) is 4. The van der Waals surface area contributed by atoms with E-state index in [4.69, 9.17) is 16.2 Å². The third-order valence-corrected chi connectivity index (χ3v) is 7.63. The van der Waals surface area contributed by atoms with Crippen LogP contribution in [-0.2, 0) is 21.3 Å². The second kappa shape index (κ2) is 13.8. The van der Waals surface area contributed by atoms with Gasteiger partial charge in [0.1, 0.15) is 0 Å². The fourth-order valence-electron chi connectivity index (χ4n) is 3.78. The number of rotatable bonds is 10. The number of carbonyl (C=O) groups is 2. The maximum absolute atomic E-state index is 13.6. The lowest BCUT2D eigenvalue weighted by Crippen LogP contribution is -2.28. The Kier molecular flexibility index (Phi) is 10.9. The van der Waals surface area contributed by atoms with Gasteiger partial charge in [0.15, 0.2) is 0 Å². The van der Waals surface area contributed by atoms with Crippen LogP contribution in [0.5, 0.6) is 0 Å². The smallest absolute Gasteiger partial charge is 0.266 e. The predicted molar refractivity (Wildman–Crippen MR) is 169 cm³/mol. The van der Waals surface area contributed by atoms with E-state index < -0.39 is 27.7 Å². The van der Waals surface area contributed by atoms with Gasteiger partial charge in [-0.05, 0) is 81.4 Å². The van der Waals surface area contributed by atoms with E-state index >= 15 is 0 Å². The molecule has 0 aliphatic heterocycles. The summed E-state index contributed by atoms with van der Waals surface area (Å²) in [5.74, 6) is -1.78. The molecule has 212 valence electrons. The molecule has 2 amide bonds. The summed E-state index contributed by atoms with van der Waals surface area (Å²) >= 11 is 8.53. The summed E-state index contributed by atoms with van der Waals surface area (Å²) in [6, 6.07) is 20.0. The summed E-state index contributed by atoms with van der Waals surface area (Å²) in [7, 11) is -4.16. The predicted octanol–water partition coefficient (Wildman–Crippen LogP) is 6.59. The molecule has 40 heavy (non-hydrogen) atoms. The van der Waals surface area contributed by atoms with Crippen LogP contribution in [0.2, 0.25) is 5.02 Å². The zero-order valence-corrected chi connectivity index (χ0v) is 26.2. The molecular formula is C30H32ClIN2O5S. The number of anilines is 1. The molecule has 3 aromatic rings. The van der Waals surface area contributed by atoms with E-state index in [0.717, 1.165) is 20.3 Å². The van der Waals surface area contributed by atoms with Crippen molar-refractivity contribution in [3.8, 4) is 0 Å². The van der Waals surface area contributed by atoms with Gasteiger partial charge in [0, 0.05) is 15.7 Å². The summed E-state index contributed by atoms with van der Waals surface area (Å²) in [6.07, 6.45) is 4.56. The summed E-state index contributed by atoms with van der Waals surface area (Å²) in [5, 5.41) is 5.87. The van der Waals surface area contributed by atoms with Crippen LogP contribution in [0.25, 0.3) is 6.08 Å². The van der Waals surface area contributed by atoms with Gasteiger partial charge < -0.3 is 10.6 Å². The molecule has 1 atom stereocenters. The van der Waals surface area contributed by atoms with Gasteiger partial charge in [0.2, 0.25) is 5.91 Å². The van der Waals surface area contributed by atoms with Crippen molar-refractivity contribution in [2.24, 2.45) is 5.41 Å². The highest BCUT2D eigenvalue weighted by Crippen LogP contribution is 2.28. The van der Waals surface area contributed by atoms with Crippen molar-refractivity contribution in [3.63, 3.8) is 0 Å². The highest BCUT2D eigenvalue weighted by molar-refractivity contribution is 14.1. The second-order valence-electron chi connectivity index (χ2n) is 10.5. The van der Waals surface area contributed by atoms with Crippen molar-refractivity contribution in [2.45, 2.75) is 33.1 Å². The van der Waals surface area contributed by atoms with Crippen LogP contribution >= 0.6 is 34.2 Å². The average Bonchev–Trinajstić information content (AvgIpc) is 2.87. The first-order chi connectivity index (χ1) is 18.7. The largest absolute Gasteiger partial charge is 0.351 e. The molecule has 7 nitrogen and oxygen atoms in total. The fourth-order valence-corrected chi connectivity index (χ4v) is 5.04. The maximum atomic E-state index is 13.6. The zero-order valence-electron chi connectivity index (χ0n) is 22.4. The third kappa shape index (κ3) is 10.3. The number of halogens is 2. The van der Waals surface area contributed by atoms with Crippen LogP contribution in [0.1, 0.15) is 53.7 Å². The highest BCUT2D eigenvalue weighted by atomic mass is 127. The lowest BCUT2D eigenvalue weighted by atomic mass is 9.89. The number of amides is 2. The van der Waals surface area contributed by atoms with E-state index in [0.29, 0.717) is 22.7 Å². The molecule has 0 fully saturated rings. The van der Waals surface area contributed by atoms with E-state index in [-0.39, 0.29) is 17.9 Å². The molecule has 0 aromatic heterocycles. The van der Waals surface area contributed by atoms with Crippen LogP contribution in [0.15, 0.2) is 72.8 Å². The Morgan fingerprint density at radius 3 is 2.25 bits per heavy atom. The number of hydrogen-bond donors (Lipinski definition) is 3. The number of carbonyl (C=O) groups excluding carboxylic acids is 2. The molecule has 1 unspecified atom stereocenters. The lowest BCUT2D eigenvalue weighted by Gasteiger charge is -2.19. The fraction of sp³-hybridized carbons (Fsp3) is 0.267. The van der Waals surface area contributed by atoms with Gasteiger partial charge in [-0.3, -0.25) is 14.1 Å². The van der Waals surface area contributed by atoms with Gasteiger partial charge in [-0.15, -0.1) is 0 Å². The average molecular weight is 695 g/mol. The van der Waals surface area contributed by atoms with Crippen LogP contribution in [0.4, 0.5) is 5.69 Å². The van der Waals surface area contributed by atoms with E-state index in [1.54, 1.807) is 36.4 Å². The molecule has 0 aliphatic rings. The Labute approximate surface area is 254 Å². The van der Waals surface area contributed by atoms with Crippen molar-refractivity contribution >= 4 is 67.9 Å². The normalized spacial score (nSPS) is 12.8. The minimum atomic E-state index is -4.16. The molecule has 0 aliphatic carbocycles. The molecule has 10 heteroatoms. The van der Waals surface area contributed by atoms with Gasteiger partial charge >= 0.3 is 0 Å². The summed E-state index contributed by atoms with van der Waals surface area (Å²) in [5.41, 5.74) is 3.61. The molecule has 0 spiro atoms. The zero-order chi connectivity index (χ0) is 29.5. The first-order valence-electron chi connectivity index (χ1n) is 12.6. The Balaban J connectivity index is 1.82. The molecular weight excluding hydrogens is 663 g/mol. The Hall–Kier alpha value is -2.73. The summed E-state index contributed by atoms with van der Waals surface area (Å²) in [4.78, 5) is 25.9. The SMILES string of the molecule is CC(C)(C)C=Cc1ccc(C(Cc2ccc(C(=O)NCCS(=O)(=O)O)cc2)C(=O)Nc2ccc(I)cc2Cl)cc1.